The Labute approximate surface area is 207 Å². The van der Waals surface area contributed by atoms with E-state index in [1.807, 2.05) is 38.1 Å². The number of carbonyl (C=O) groups excluding carboxylic acids is 2. The molecule has 184 valence electrons. The van der Waals surface area contributed by atoms with Crippen molar-refractivity contribution < 1.29 is 18.0 Å². The molecule has 0 aromatic heterocycles. The van der Waals surface area contributed by atoms with Crippen LogP contribution in [0.15, 0.2) is 83.8 Å². The number of benzene rings is 3. The Hall–Kier alpha value is -3.65. The second kappa shape index (κ2) is 11.2. The van der Waals surface area contributed by atoms with Crippen molar-refractivity contribution in [1.29, 1.82) is 0 Å². The van der Waals surface area contributed by atoms with Crippen LogP contribution in [0.3, 0.4) is 0 Å². The fraction of sp³-hybridized carbons (Fsp3) is 0.259. The summed E-state index contributed by atoms with van der Waals surface area (Å²) in [5.41, 5.74) is 3.21. The number of aryl methyl sites for hydroxylation is 2. The highest BCUT2D eigenvalue weighted by Crippen LogP contribution is 2.24. The van der Waals surface area contributed by atoms with Crippen molar-refractivity contribution in [3.05, 3.63) is 95.6 Å². The number of sulfonamides is 1. The van der Waals surface area contributed by atoms with Crippen molar-refractivity contribution in [2.45, 2.75) is 38.3 Å². The summed E-state index contributed by atoms with van der Waals surface area (Å²) in [4.78, 5) is 27.6. The molecule has 0 unspecified atom stereocenters. The van der Waals surface area contributed by atoms with Gasteiger partial charge in [-0.25, -0.2) is 8.42 Å². The van der Waals surface area contributed by atoms with Crippen LogP contribution in [0.4, 0.5) is 5.69 Å². The van der Waals surface area contributed by atoms with Crippen LogP contribution in [-0.2, 0) is 26.2 Å². The molecule has 7 nitrogen and oxygen atoms in total. The van der Waals surface area contributed by atoms with E-state index in [-0.39, 0.29) is 17.3 Å². The largest absolute Gasteiger partial charge is 0.357 e. The first-order chi connectivity index (χ1) is 16.6. The Morgan fingerprint density at radius 1 is 0.857 bits per heavy atom. The summed E-state index contributed by atoms with van der Waals surface area (Å²) in [5.74, 6) is -0.820. The summed E-state index contributed by atoms with van der Waals surface area (Å²) < 4.78 is 28.4. The van der Waals surface area contributed by atoms with Crippen LogP contribution in [0.1, 0.15) is 23.6 Å². The Bertz CT molecular complexity index is 1260. The van der Waals surface area contributed by atoms with E-state index in [0.29, 0.717) is 5.69 Å². The lowest BCUT2D eigenvalue weighted by atomic mass is 10.1. The van der Waals surface area contributed by atoms with E-state index >= 15 is 0 Å². The molecule has 2 amide bonds. The third-order valence-corrected chi connectivity index (χ3v) is 7.61. The minimum atomic E-state index is -4.04. The van der Waals surface area contributed by atoms with Gasteiger partial charge < -0.3 is 10.2 Å². The molecule has 3 aromatic rings. The summed E-state index contributed by atoms with van der Waals surface area (Å²) in [6.45, 7) is 5.19. The monoisotopic (exact) mass is 493 g/mol. The van der Waals surface area contributed by atoms with Gasteiger partial charge in [-0.1, -0.05) is 65.7 Å². The number of hydrogen-bond acceptors (Lipinski definition) is 4. The summed E-state index contributed by atoms with van der Waals surface area (Å²) >= 11 is 0. The third-order valence-electron chi connectivity index (χ3n) is 5.82. The molecule has 8 heteroatoms. The molecule has 0 spiro atoms. The first-order valence-electron chi connectivity index (χ1n) is 11.3. The quantitative estimate of drug-likeness (QED) is 0.493. The first-order valence-corrected chi connectivity index (χ1v) is 12.8. The van der Waals surface area contributed by atoms with Crippen molar-refractivity contribution in [2.75, 3.05) is 17.9 Å². The third kappa shape index (κ3) is 6.27. The summed E-state index contributed by atoms with van der Waals surface area (Å²) in [7, 11) is -2.54. The first kappa shape index (κ1) is 26.0. The highest BCUT2D eigenvalue weighted by atomic mass is 32.2. The number of hydrogen-bond donors (Lipinski definition) is 1. The average molecular weight is 494 g/mol. The van der Waals surface area contributed by atoms with Gasteiger partial charge in [0.2, 0.25) is 11.8 Å². The predicted molar refractivity (Wildman–Crippen MR) is 137 cm³/mol. The fourth-order valence-electron chi connectivity index (χ4n) is 3.64. The van der Waals surface area contributed by atoms with Gasteiger partial charge in [-0.05, 0) is 50.6 Å². The molecule has 0 aliphatic rings. The molecule has 0 saturated carbocycles. The van der Waals surface area contributed by atoms with E-state index in [2.05, 4.69) is 5.32 Å². The molecule has 0 heterocycles. The topological polar surface area (TPSA) is 86.8 Å². The second-order valence-electron chi connectivity index (χ2n) is 8.46. The highest BCUT2D eigenvalue weighted by Gasteiger charge is 2.32. The number of amides is 2. The lowest BCUT2D eigenvalue weighted by Gasteiger charge is -2.31. The van der Waals surface area contributed by atoms with Gasteiger partial charge in [0.25, 0.3) is 10.0 Å². The van der Waals surface area contributed by atoms with Gasteiger partial charge in [0.05, 0.1) is 10.6 Å². The van der Waals surface area contributed by atoms with Crippen molar-refractivity contribution in [3.8, 4) is 0 Å². The number of likely N-dealkylation sites (N-methyl/N-ethyl adjacent to an activating group) is 1. The van der Waals surface area contributed by atoms with Crippen LogP contribution in [0.25, 0.3) is 0 Å². The standard InChI is InChI=1S/C27H31N3O4S/c1-20-10-14-23(15-11-20)18-29(22(3)27(32)28-4)26(31)19-30(24-8-6-5-7-9-24)35(33,34)25-16-12-21(2)13-17-25/h5-17,22H,18-19H2,1-4H3,(H,28,32)/t22-/m0/s1. The normalized spacial score (nSPS) is 12.0. The Morgan fingerprint density at radius 2 is 1.40 bits per heavy atom. The molecule has 0 aliphatic carbocycles. The Kier molecular flexibility index (Phi) is 8.30. The van der Waals surface area contributed by atoms with E-state index in [9.17, 15) is 18.0 Å². The number of anilines is 1. The summed E-state index contributed by atoms with van der Waals surface area (Å²) in [6.07, 6.45) is 0. The number of carbonyl (C=O) groups is 2. The minimum absolute atomic E-state index is 0.0872. The molecular formula is C27H31N3O4S. The van der Waals surface area contributed by atoms with Crippen LogP contribution in [0.5, 0.6) is 0 Å². The second-order valence-corrected chi connectivity index (χ2v) is 10.3. The molecule has 3 rings (SSSR count). The average Bonchev–Trinajstić information content (AvgIpc) is 2.86. The van der Waals surface area contributed by atoms with E-state index in [1.54, 1.807) is 49.4 Å². The van der Waals surface area contributed by atoms with Crippen LogP contribution < -0.4 is 9.62 Å². The van der Waals surface area contributed by atoms with Gasteiger partial charge in [0, 0.05) is 13.6 Å². The van der Waals surface area contributed by atoms with E-state index in [1.165, 1.54) is 24.1 Å². The molecular weight excluding hydrogens is 462 g/mol. The fourth-order valence-corrected chi connectivity index (χ4v) is 5.06. The predicted octanol–water partition coefficient (Wildman–Crippen LogP) is 3.66. The van der Waals surface area contributed by atoms with Gasteiger partial charge in [0.1, 0.15) is 12.6 Å². The van der Waals surface area contributed by atoms with Crippen LogP contribution in [0, 0.1) is 13.8 Å². The molecule has 1 atom stereocenters. The molecule has 1 N–H and O–H groups in total. The van der Waals surface area contributed by atoms with Crippen molar-refractivity contribution in [3.63, 3.8) is 0 Å². The van der Waals surface area contributed by atoms with Crippen molar-refractivity contribution in [2.24, 2.45) is 0 Å². The summed E-state index contributed by atoms with van der Waals surface area (Å²) in [5, 5.41) is 2.58. The zero-order valence-corrected chi connectivity index (χ0v) is 21.2. The zero-order valence-electron chi connectivity index (χ0n) is 20.4. The van der Waals surface area contributed by atoms with Crippen LogP contribution in [0.2, 0.25) is 0 Å². The molecule has 0 bridgehead atoms. The smallest absolute Gasteiger partial charge is 0.264 e. The van der Waals surface area contributed by atoms with Gasteiger partial charge >= 0.3 is 0 Å². The van der Waals surface area contributed by atoms with E-state index in [0.717, 1.165) is 21.0 Å². The maximum absolute atomic E-state index is 13.6. The Balaban J connectivity index is 1.99. The lowest BCUT2D eigenvalue weighted by Crippen LogP contribution is -2.50. The maximum atomic E-state index is 13.6. The maximum Gasteiger partial charge on any atom is 0.264 e. The van der Waals surface area contributed by atoms with Crippen molar-refractivity contribution >= 4 is 27.5 Å². The Morgan fingerprint density at radius 3 is 1.94 bits per heavy atom. The molecule has 0 fully saturated rings. The van der Waals surface area contributed by atoms with E-state index < -0.39 is 28.5 Å². The summed E-state index contributed by atoms with van der Waals surface area (Å²) in [6, 6.07) is 21.8. The molecule has 0 aliphatic heterocycles. The SMILES string of the molecule is CNC(=O)[C@H](C)N(Cc1ccc(C)cc1)C(=O)CN(c1ccccc1)S(=O)(=O)c1ccc(C)cc1. The number of rotatable bonds is 9. The molecule has 0 radical (unpaired) electrons. The van der Waals surface area contributed by atoms with Crippen molar-refractivity contribution in [1.82, 2.24) is 10.2 Å². The van der Waals surface area contributed by atoms with E-state index in [4.69, 9.17) is 0 Å². The molecule has 0 saturated heterocycles. The number of nitrogens with one attached hydrogen (secondary N) is 1. The highest BCUT2D eigenvalue weighted by molar-refractivity contribution is 7.92. The van der Waals surface area contributed by atoms with Gasteiger partial charge in [-0.2, -0.15) is 0 Å². The zero-order chi connectivity index (χ0) is 25.6. The number of para-hydroxylation sites is 1. The molecule has 3 aromatic carbocycles. The minimum Gasteiger partial charge on any atom is -0.357 e. The van der Waals surface area contributed by atoms with Gasteiger partial charge in [0.15, 0.2) is 0 Å². The lowest BCUT2D eigenvalue weighted by molar-refractivity contribution is -0.139. The van der Waals surface area contributed by atoms with Gasteiger partial charge in [-0.15, -0.1) is 0 Å². The molecule has 35 heavy (non-hydrogen) atoms. The van der Waals surface area contributed by atoms with Crippen LogP contribution in [-0.4, -0.2) is 44.8 Å². The van der Waals surface area contributed by atoms with Gasteiger partial charge in [-0.3, -0.25) is 13.9 Å². The number of nitrogens with zero attached hydrogens (tertiary/aromatic N) is 2. The van der Waals surface area contributed by atoms with Crippen LogP contribution >= 0.6 is 0 Å².